The molecule has 2 heteroatoms. The summed E-state index contributed by atoms with van der Waals surface area (Å²) in [5.41, 5.74) is 6.49. The molecule has 0 radical (unpaired) electrons. The van der Waals surface area contributed by atoms with Gasteiger partial charge >= 0.3 is 0 Å². The van der Waals surface area contributed by atoms with Gasteiger partial charge in [0.25, 0.3) is 0 Å². The van der Waals surface area contributed by atoms with Crippen LogP contribution in [0, 0.1) is 10.8 Å². The minimum absolute atomic E-state index is 0.0169. The molecule has 2 aromatic rings. The molecular weight excluding hydrogens is 340 g/mol. The number of hydrogen-bond acceptors (Lipinski definition) is 2. The highest BCUT2D eigenvalue weighted by Crippen LogP contribution is 2.65. The van der Waals surface area contributed by atoms with Gasteiger partial charge < -0.3 is 0 Å². The second kappa shape index (κ2) is 5.90. The number of rotatable bonds is 1. The molecule has 1 aromatic heterocycles. The fraction of sp³-hybridized carbons (Fsp3) is 0.615. The van der Waals surface area contributed by atoms with Gasteiger partial charge in [-0.2, -0.15) is 0 Å². The highest BCUT2D eigenvalue weighted by atomic mass is 14.8. The van der Waals surface area contributed by atoms with Gasteiger partial charge in [0.2, 0.25) is 0 Å². The van der Waals surface area contributed by atoms with Gasteiger partial charge in [-0.1, -0.05) is 88.3 Å². The zero-order valence-corrected chi connectivity index (χ0v) is 19.8. The fourth-order valence-corrected chi connectivity index (χ4v) is 4.87. The summed E-state index contributed by atoms with van der Waals surface area (Å²) >= 11 is 0. The highest BCUT2D eigenvalue weighted by Gasteiger charge is 2.60. The monoisotopic (exact) mass is 378 g/mol. The van der Waals surface area contributed by atoms with Crippen LogP contribution >= 0.6 is 0 Å². The molecule has 0 unspecified atom stereocenters. The van der Waals surface area contributed by atoms with E-state index < -0.39 is 0 Å². The van der Waals surface area contributed by atoms with Crippen LogP contribution < -0.4 is 0 Å². The Balaban J connectivity index is 2.18. The maximum atomic E-state index is 4.75. The molecule has 0 amide bonds. The molecule has 1 aromatic carbocycles. The Bertz CT molecular complexity index is 891. The number of aromatic nitrogens is 2. The molecule has 1 aliphatic carbocycles. The molecule has 28 heavy (non-hydrogen) atoms. The summed E-state index contributed by atoms with van der Waals surface area (Å²) in [5, 5.41) is 0. The molecule has 152 valence electrons. The van der Waals surface area contributed by atoms with Gasteiger partial charge in [0.15, 0.2) is 0 Å². The van der Waals surface area contributed by atoms with Crippen LogP contribution in [0.5, 0.6) is 0 Å². The van der Waals surface area contributed by atoms with Crippen LogP contribution in [-0.2, 0) is 16.2 Å². The third-order valence-corrected chi connectivity index (χ3v) is 8.77. The number of fused-ring (bicyclic) bond motifs is 1. The van der Waals surface area contributed by atoms with Crippen molar-refractivity contribution in [2.24, 2.45) is 10.8 Å². The molecule has 1 aliphatic rings. The van der Waals surface area contributed by atoms with Crippen molar-refractivity contribution in [1.82, 2.24) is 9.97 Å². The summed E-state index contributed by atoms with van der Waals surface area (Å²) in [7, 11) is 0. The lowest BCUT2D eigenvalue weighted by Gasteiger charge is -2.64. The van der Waals surface area contributed by atoms with Crippen molar-refractivity contribution in [3.8, 4) is 11.3 Å². The van der Waals surface area contributed by atoms with Crippen molar-refractivity contribution in [2.75, 3.05) is 0 Å². The van der Waals surface area contributed by atoms with Crippen molar-refractivity contribution in [2.45, 2.75) is 92.4 Å². The van der Waals surface area contributed by atoms with E-state index in [4.69, 9.17) is 9.97 Å². The predicted molar refractivity (Wildman–Crippen MR) is 120 cm³/mol. The van der Waals surface area contributed by atoms with Gasteiger partial charge in [-0.15, -0.1) is 0 Å². The van der Waals surface area contributed by atoms with Gasteiger partial charge in [0.1, 0.15) is 0 Å². The van der Waals surface area contributed by atoms with Crippen molar-refractivity contribution < 1.29 is 0 Å². The molecule has 0 saturated heterocycles. The van der Waals surface area contributed by atoms with Crippen LogP contribution in [-0.4, -0.2) is 9.97 Å². The summed E-state index contributed by atoms with van der Waals surface area (Å²) in [4.78, 5) is 9.44. The van der Waals surface area contributed by atoms with E-state index in [1.807, 2.05) is 12.4 Å². The molecule has 0 fully saturated rings. The van der Waals surface area contributed by atoms with E-state index in [-0.39, 0.29) is 27.1 Å². The third kappa shape index (κ3) is 2.67. The zero-order valence-electron chi connectivity index (χ0n) is 19.8. The van der Waals surface area contributed by atoms with E-state index in [0.29, 0.717) is 0 Å². The van der Waals surface area contributed by atoms with E-state index in [1.54, 1.807) is 0 Å². The molecule has 0 bridgehead atoms. The SMILES string of the molecule is CC(C)(C)c1cnc(-c2ccc3c(c2)C(C)(C)C(C)(C)C(C)(C)C3(C)C)cn1. The van der Waals surface area contributed by atoms with E-state index in [0.717, 1.165) is 17.0 Å². The van der Waals surface area contributed by atoms with Gasteiger partial charge in [-0.25, -0.2) is 0 Å². The molecule has 0 saturated carbocycles. The first-order chi connectivity index (χ1) is 12.5. The van der Waals surface area contributed by atoms with E-state index in [1.165, 1.54) is 11.1 Å². The highest BCUT2D eigenvalue weighted by molar-refractivity contribution is 5.63. The van der Waals surface area contributed by atoms with Crippen LogP contribution in [0.2, 0.25) is 0 Å². The summed E-state index contributed by atoms with van der Waals surface area (Å²) in [6, 6.07) is 6.93. The first-order valence-electron chi connectivity index (χ1n) is 10.5. The summed E-state index contributed by atoms with van der Waals surface area (Å²) < 4.78 is 0. The van der Waals surface area contributed by atoms with Gasteiger partial charge in [-0.05, 0) is 38.9 Å². The average molecular weight is 379 g/mol. The Hall–Kier alpha value is -1.70. The van der Waals surface area contributed by atoms with Crippen molar-refractivity contribution in [1.29, 1.82) is 0 Å². The van der Waals surface area contributed by atoms with E-state index >= 15 is 0 Å². The average Bonchev–Trinajstić information content (AvgIpc) is 2.59. The fourth-order valence-electron chi connectivity index (χ4n) is 4.87. The Morgan fingerprint density at radius 3 is 1.68 bits per heavy atom. The lowest BCUT2D eigenvalue weighted by Crippen LogP contribution is -2.59. The van der Waals surface area contributed by atoms with Crippen LogP contribution in [0.25, 0.3) is 11.3 Å². The lowest BCUT2D eigenvalue weighted by molar-refractivity contribution is -0.0441. The number of nitrogens with zero attached hydrogens (tertiary/aromatic N) is 2. The molecule has 0 N–H and O–H groups in total. The first-order valence-corrected chi connectivity index (χ1v) is 10.5. The second-order valence-corrected chi connectivity index (χ2v) is 11.8. The van der Waals surface area contributed by atoms with Crippen LogP contribution in [0.4, 0.5) is 0 Å². The normalized spacial score (nSPS) is 21.8. The maximum absolute atomic E-state index is 4.75. The van der Waals surface area contributed by atoms with Gasteiger partial charge in [0, 0.05) is 17.2 Å². The molecule has 0 atom stereocenters. The molecular formula is C26H38N2. The van der Waals surface area contributed by atoms with Crippen molar-refractivity contribution >= 4 is 0 Å². The standard InChI is InChI=1S/C26H38N2/c1-22(2,3)21-16-27-20(15-28-21)17-12-13-18-19(14-17)24(6,7)26(10,11)25(8,9)23(18,4)5/h12-16H,1-11H3. The summed E-state index contributed by atoms with van der Waals surface area (Å²) in [6.07, 6.45) is 3.86. The number of benzene rings is 1. The van der Waals surface area contributed by atoms with Crippen molar-refractivity contribution in [3.63, 3.8) is 0 Å². The summed E-state index contributed by atoms with van der Waals surface area (Å²) in [6.45, 7) is 25.9. The predicted octanol–water partition coefficient (Wildman–Crippen LogP) is 7.06. The van der Waals surface area contributed by atoms with E-state index in [9.17, 15) is 0 Å². The Kier molecular flexibility index (Phi) is 4.43. The number of hydrogen-bond donors (Lipinski definition) is 0. The Morgan fingerprint density at radius 1 is 0.679 bits per heavy atom. The second-order valence-electron chi connectivity index (χ2n) is 11.8. The molecule has 0 spiro atoms. The quantitative estimate of drug-likeness (QED) is 0.530. The summed E-state index contributed by atoms with van der Waals surface area (Å²) in [5.74, 6) is 0. The zero-order chi connectivity index (χ0) is 21.3. The van der Waals surface area contributed by atoms with Crippen molar-refractivity contribution in [3.05, 3.63) is 47.4 Å². The molecule has 0 aliphatic heterocycles. The first kappa shape index (κ1) is 21.0. The minimum atomic E-state index is 0.0169. The van der Waals surface area contributed by atoms with E-state index in [2.05, 4.69) is 94.4 Å². The van der Waals surface area contributed by atoms with Crippen LogP contribution in [0.1, 0.15) is 93.0 Å². The van der Waals surface area contributed by atoms with Crippen LogP contribution in [0.3, 0.4) is 0 Å². The largest absolute Gasteiger partial charge is 0.257 e. The van der Waals surface area contributed by atoms with Crippen LogP contribution in [0.15, 0.2) is 30.6 Å². The molecule has 3 rings (SSSR count). The Morgan fingerprint density at radius 2 is 1.21 bits per heavy atom. The van der Waals surface area contributed by atoms with Gasteiger partial charge in [0.05, 0.1) is 17.6 Å². The lowest BCUT2D eigenvalue weighted by atomic mass is 9.40. The van der Waals surface area contributed by atoms with Gasteiger partial charge in [-0.3, -0.25) is 9.97 Å². The topological polar surface area (TPSA) is 25.8 Å². The Labute approximate surface area is 172 Å². The molecule has 2 nitrogen and oxygen atoms in total. The molecule has 1 heterocycles. The minimum Gasteiger partial charge on any atom is -0.257 e. The third-order valence-electron chi connectivity index (χ3n) is 8.77. The smallest absolute Gasteiger partial charge is 0.0885 e. The maximum Gasteiger partial charge on any atom is 0.0885 e.